The summed E-state index contributed by atoms with van der Waals surface area (Å²) in [7, 11) is 3.06. The number of aromatic nitrogens is 2. The molecule has 2 aromatic heterocycles. The molecule has 1 amide bonds. The van der Waals surface area contributed by atoms with Gasteiger partial charge in [-0.25, -0.2) is 0 Å². The van der Waals surface area contributed by atoms with Crippen LogP contribution >= 0.6 is 11.3 Å². The van der Waals surface area contributed by atoms with Crippen molar-refractivity contribution < 1.29 is 19.0 Å². The number of thiophene rings is 1. The molecule has 0 aliphatic carbocycles. The zero-order chi connectivity index (χ0) is 19.1. The van der Waals surface area contributed by atoms with Crippen LogP contribution in [0.5, 0.6) is 17.4 Å². The molecule has 0 saturated heterocycles. The lowest BCUT2D eigenvalue weighted by atomic mass is 10.1. The van der Waals surface area contributed by atoms with Gasteiger partial charge in [-0.2, -0.15) is 0 Å². The Balaban J connectivity index is 1.49. The molecular weight excluding hydrogens is 366 g/mol. The molecule has 140 valence electrons. The fourth-order valence-corrected chi connectivity index (χ4v) is 3.04. The van der Waals surface area contributed by atoms with Gasteiger partial charge >= 0.3 is 0 Å². The van der Waals surface area contributed by atoms with Gasteiger partial charge in [-0.05, 0) is 29.6 Å². The predicted molar refractivity (Wildman–Crippen MR) is 103 cm³/mol. The molecule has 0 bridgehead atoms. The fraction of sp³-hybridized carbons (Fsp3) is 0.211. The van der Waals surface area contributed by atoms with E-state index in [1.165, 1.54) is 7.11 Å². The van der Waals surface area contributed by atoms with E-state index in [-0.39, 0.29) is 12.5 Å². The van der Waals surface area contributed by atoms with Gasteiger partial charge in [-0.3, -0.25) is 4.79 Å². The Labute approximate surface area is 160 Å². The molecule has 27 heavy (non-hydrogen) atoms. The summed E-state index contributed by atoms with van der Waals surface area (Å²) in [5.41, 5.74) is 1.23. The van der Waals surface area contributed by atoms with E-state index in [1.54, 1.807) is 42.7 Å². The van der Waals surface area contributed by atoms with Gasteiger partial charge < -0.3 is 19.5 Å². The highest BCUT2D eigenvalue weighted by molar-refractivity contribution is 7.13. The van der Waals surface area contributed by atoms with Gasteiger partial charge in [0.15, 0.2) is 0 Å². The molecule has 0 aliphatic heterocycles. The maximum atomic E-state index is 12.3. The second kappa shape index (κ2) is 9.00. The lowest BCUT2D eigenvalue weighted by Crippen LogP contribution is -2.28. The van der Waals surface area contributed by atoms with Crippen molar-refractivity contribution in [2.45, 2.75) is 0 Å². The van der Waals surface area contributed by atoms with Gasteiger partial charge in [0, 0.05) is 12.1 Å². The average Bonchev–Trinajstić information content (AvgIpc) is 3.25. The van der Waals surface area contributed by atoms with Crippen LogP contribution in [0.3, 0.4) is 0 Å². The van der Waals surface area contributed by atoms with Crippen molar-refractivity contribution in [3.63, 3.8) is 0 Å². The Morgan fingerprint density at radius 1 is 1.11 bits per heavy atom. The molecule has 8 heteroatoms. The third-order valence-electron chi connectivity index (χ3n) is 3.70. The van der Waals surface area contributed by atoms with Crippen molar-refractivity contribution >= 4 is 17.2 Å². The monoisotopic (exact) mass is 385 g/mol. The van der Waals surface area contributed by atoms with E-state index >= 15 is 0 Å². The van der Waals surface area contributed by atoms with Crippen LogP contribution in [0.15, 0.2) is 47.8 Å². The number of rotatable bonds is 8. The van der Waals surface area contributed by atoms with Crippen molar-refractivity contribution in [2.24, 2.45) is 0 Å². The number of amides is 1. The van der Waals surface area contributed by atoms with Crippen molar-refractivity contribution in [1.82, 2.24) is 15.5 Å². The Morgan fingerprint density at radius 3 is 2.67 bits per heavy atom. The molecular formula is C19H19N3O4S. The second-order valence-electron chi connectivity index (χ2n) is 5.40. The molecule has 0 atom stereocenters. The number of methoxy groups -OCH3 is 2. The summed E-state index contributed by atoms with van der Waals surface area (Å²) in [6.07, 6.45) is 0. The summed E-state index contributed by atoms with van der Waals surface area (Å²) >= 11 is 1.60. The van der Waals surface area contributed by atoms with Gasteiger partial charge in [0.1, 0.15) is 23.8 Å². The van der Waals surface area contributed by atoms with Gasteiger partial charge in [0.25, 0.3) is 5.91 Å². The van der Waals surface area contributed by atoms with Crippen LogP contribution < -0.4 is 19.5 Å². The van der Waals surface area contributed by atoms with Crippen molar-refractivity contribution in [3.05, 3.63) is 53.4 Å². The fourth-order valence-electron chi connectivity index (χ4n) is 2.35. The quantitative estimate of drug-likeness (QED) is 0.600. The predicted octanol–water partition coefficient (Wildman–Crippen LogP) is 3.03. The molecule has 1 aromatic carbocycles. The second-order valence-corrected chi connectivity index (χ2v) is 6.35. The first-order valence-corrected chi connectivity index (χ1v) is 9.10. The molecule has 0 saturated carbocycles. The SMILES string of the molecule is COc1ccc(C(=O)NCCOc2ccc(-c3cccs3)nn2)c(OC)c1. The Bertz CT molecular complexity index is 882. The minimum Gasteiger partial charge on any atom is -0.497 e. The number of hydrogen-bond acceptors (Lipinski definition) is 7. The van der Waals surface area contributed by atoms with Crippen LogP contribution in [-0.4, -0.2) is 43.5 Å². The standard InChI is InChI=1S/C19H19N3O4S/c1-24-13-5-6-14(16(12-13)25-2)19(23)20-9-10-26-18-8-7-15(21-22-18)17-4-3-11-27-17/h3-8,11-12H,9-10H2,1-2H3,(H,20,23). The van der Waals surface area contributed by atoms with Gasteiger partial charge in [0.2, 0.25) is 5.88 Å². The van der Waals surface area contributed by atoms with Crippen LogP contribution in [-0.2, 0) is 0 Å². The molecule has 0 fully saturated rings. The molecule has 3 rings (SSSR count). The number of hydrogen-bond donors (Lipinski definition) is 1. The molecule has 2 heterocycles. The Morgan fingerprint density at radius 2 is 2.00 bits per heavy atom. The average molecular weight is 385 g/mol. The molecule has 0 aliphatic rings. The summed E-state index contributed by atoms with van der Waals surface area (Å²) in [6, 6.07) is 12.6. The molecule has 0 spiro atoms. The highest BCUT2D eigenvalue weighted by atomic mass is 32.1. The van der Waals surface area contributed by atoms with E-state index in [9.17, 15) is 4.79 Å². The van der Waals surface area contributed by atoms with Crippen LogP contribution in [0.4, 0.5) is 0 Å². The van der Waals surface area contributed by atoms with E-state index in [2.05, 4.69) is 15.5 Å². The third kappa shape index (κ3) is 4.73. The molecule has 7 nitrogen and oxygen atoms in total. The lowest BCUT2D eigenvalue weighted by Gasteiger charge is -2.11. The minimum atomic E-state index is -0.253. The van der Waals surface area contributed by atoms with Crippen LogP contribution in [0.25, 0.3) is 10.6 Å². The lowest BCUT2D eigenvalue weighted by molar-refractivity contribution is 0.0943. The van der Waals surface area contributed by atoms with Crippen LogP contribution in [0, 0.1) is 0 Å². The number of benzene rings is 1. The first-order valence-electron chi connectivity index (χ1n) is 8.22. The Hall–Kier alpha value is -3.13. The first-order chi connectivity index (χ1) is 13.2. The van der Waals surface area contributed by atoms with Gasteiger partial charge in [-0.1, -0.05) is 6.07 Å². The number of nitrogens with zero attached hydrogens (tertiary/aromatic N) is 2. The summed E-state index contributed by atoms with van der Waals surface area (Å²) < 4.78 is 15.9. The zero-order valence-electron chi connectivity index (χ0n) is 15.0. The van der Waals surface area contributed by atoms with Crippen molar-refractivity contribution in [2.75, 3.05) is 27.4 Å². The van der Waals surface area contributed by atoms with Crippen molar-refractivity contribution in [3.8, 4) is 28.0 Å². The number of carbonyl (C=O) groups excluding carboxylic acids is 1. The summed E-state index contributed by atoms with van der Waals surface area (Å²) in [6.45, 7) is 0.597. The summed E-state index contributed by atoms with van der Waals surface area (Å²) in [5.74, 6) is 1.22. The molecule has 3 aromatic rings. The largest absolute Gasteiger partial charge is 0.497 e. The van der Waals surface area contributed by atoms with E-state index < -0.39 is 0 Å². The maximum absolute atomic E-state index is 12.3. The number of nitrogens with one attached hydrogen (secondary N) is 1. The molecule has 1 N–H and O–H groups in total. The van der Waals surface area contributed by atoms with Gasteiger partial charge in [-0.15, -0.1) is 21.5 Å². The van der Waals surface area contributed by atoms with Crippen LogP contribution in [0.1, 0.15) is 10.4 Å². The first kappa shape index (κ1) is 18.7. The van der Waals surface area contributed by atoms with Gasteiger partial charge in [0.05, 0.1) is 31.2 Å². The van der Waals surface area contributed by atoms with E-state index in [4.69, 9.17) is 14.2 Å². The van der Waals surface area contributed by atoms with E-state index in [0.717, 1.165) is 10.6 Å². The maximum Gasteiger partial charge on any atom is 0.255 e. The summed E-state index contributed by atoms with van der Waals surface area (Å²) in [4.78, 5) is 13.3. The normalized spacial score (nSPS) is 10.3. The third-order valence-corrected chi connectivity index (χ3v) is 4.60. The minimum absolute atomic E-state index is 0.253. The highest BCUT2D eigenvalue weighted by Crippen LogP contribution is 2.24. The van der Waals surface area contributed by atoms with Crippen molar-refractivity contribution in [1.29, 1.82) is 0 Å². The summed E-state index contributed by atoms with van der Waals surface area (Å²) in [5, 5.41) is 13.0. The highest BCUT2D eigenvalue weighted by Gasteiger charge is 2.13. The number of carbonyl (C=O) groups is 1. The zero-order valence-corrected chi connectivity index (χ0v) is 15.8. The molecule has 0 unspecified atom stereocenters. The Kier molecular flexibility index (Phi) is 6.22. The van der Waals surface area contributed by atoms with E-state index in [0.29, 0.717) is 29.5 Å². The number of ether oxygens (including phenoxy) is 3. The topological polar surface area (TPSA) is 82.6 Å². The molecule has 0 radical (unpaired) electrons. The smallest absolute Gasteiger partial charge is 0.255 e. The van der Waals surface area contributed by atoms with E-state index in [1.807, 2.05) is 23.6 Å². The van der Waals surface area contributed by atoms with Crippen LogP contribution in [0.2, 0.25) is 0 Å².